The Morgan fingerprint density at radius 3 is 2.30 bits per heavy atom. The molecule has 1 aromatic heterocycles. The van der Waals surface area contributed by atoms with E-state index in [1.807, 2.05) is 0 Å². The van der Waals surface area contributed by atoms with E-state index in [1.54, 1.807) is 0 Å². The summed E-state index contributed by atoms with van der Waals surface area (Å²) in [5.74, 6) is 0.109. The average molecular weight is 151 g/mol. The number of aromatic nitrogens is 3. The predicted octanol–water partition coefficient (Wildman–Crippen LogP) is 1.06. The van der Waals surface area contributed by atoms with Crippen LogP contribution in [-0.2, 0) is 6.30 Å². The molecular formula is C4H4F3N3. The van der Waals surface area contributed by atoms with Gasteiger partial charge in [0.2, 0.25) is 0 Å². The highest BCUT2D eigenvalue weighted by Crippen LogP contribution is 2.19. The van der Waals surface area contributed by atoms with Crippen molar-refractivity contribution in [2.24, 2.45) is 0 Å². The van der Waals surface area contributed by atoms with Crippen LogP contribution in [0, 0.1) is 6.92 Å². The first-order valence-corrected chi connectivity index (χ1v) is 2.45. The molecule has 0 aliphatic rings. The number of hydrogen-bond donors (Lipinski definition) is 0. The van der Waals surface area contributed by atoms with Crippen molar-refractivity contribution in [3.05, 3.63) is 12.2 Å². The quantitative estimate of drug-likeness (QED) is 0.555. The van der Waals surface area contributed by atoms with Crippen molar-refractivity contribution in [3.63, 3.8) is 0 Å². The molecule has 1 aromatic rings. The molecule has 0 N–H and O–H groups in total. The molecule has 0 bridgehead atoms. The normalized spacial score (nSPS) is 12.0. The van der Waals surface area contributed by atoms with Crippen LogP contribution in [0.2, 0.25) is 0 Å². The summed E-state index contributed by atoms with van der Waals surface area (Å²) in [5.41, 5.74) is 0. The zero-order valence-corrected chi connectivity index (χ0v) is 5.05. The summed E-state index contributed by atoms with van der Waals surface area (Å²) in [6, 6.07) is 0. The number of nitrogens with zero attached hydrogens (tertiary/aromatic N) is 3. The minimum atomic E-state index is -4.44. The molecule has 0 saturated carbocycles. The Hall–Kier alpha value is -1.07. The fraction of sp³-hybridized carbons (Fsp3) is 0.500. The molecule has 1 rings (SSSR count). The molecule has 0 atom stereocenters. The maximum atomic E-state index is 11.7. The molecule has 56 valence electrons. The molecule has 1 heterocycles. The predicted molar refractivity (Wildman–Crippen MR) is 26.1 cm³/mol. The van der Waals surface area contributed by atoms with Crippen LogP contribution in [-0.4, -0.2) is 14.8 Å². The molecule has 0 unspecified atom stereocenters. The maximum Gasteiger partial charge on any atom is 0.505 e. The van der Waals surface area contributed by atoms with Gasteiger partial charge in [-0.1, -0.05) is 0 Å². The lowest BCUT2D eigenvalue weighted by atomic mass is 10.8. The van der Waals surface area contributed by atoms with Crippen molar-refractivity contribution in [1.82, 2.24) is 14.8 Å². The monoisotopic (exact) mass is 151 g/mol. The van der Waals surface area contributed by atoms with E-state index in [9.17, 15) is 13.2 Å². The van der Waals surface area contributed by atoms with Crippen LogP contribution in [0.4, 0.5) is 13.2 Å². The second kappa shape index (κ2) is 1.96. The molecule has 0 aliphatic heterocycles. The van der Waals surface area contributed by atoms with Gasteiger partial charge in [-0.3, -0.25) is 0 Å². The van der Waals surface area contributed by atoms with E-state index < -0.39 is 6.30 Å². The summed E-state index contributed by atoms with van der Waals surface area (Å²) in [5, 5.41) is 3.06. The SMILES string of the molecule is Cc1ncn(C(F)(F)F)n1. The van der Waals surface area contributed by atoms with E-state index in [0.29, 0.717) is 6.33 Å². The summed E-state index contributed by atoms with van der Waals surface area (Å²) in [4.78, 5) is 3.31. The van der Waals surface area contributed by atoms with Crippen molar-refractivity contribution in [2.45, 2.75) is 13.2 Å². The first-order valence-electron chi connectivity index (χ1n) is 2.45. The van der Waals surface area contributed by atoms with Gasteiger partial charge in [0.15, 0.2) is 0 Å². The fourth-order valence-electron chi connectivity index (χ4n) is 0.468. The van der Waals surface area contributed by atoms with E-state index in [-0.39, 0.29) is 10.5 Å². The van der Waals surface area contributed by atoms with Gasteiger partial charge in [0, 0.05) is 0 Å². The van der Waals surface area contributed by atoms with Crippen molar-refractivity contribution in [3.8, 4) is 0 Å². The van der Waals surface area contributed by atoms with Gasteiger partial charge in [0.1, 0.15) is 12.2 Å². The number of halogens is 3. The van der Waals surface area contributed by atoms with Gasteiger partial charge in [-0.25, -0.2) is 4.98 Å². The Kier molecular flexibility index (Phi) is 1.38. The van der Waals surface area contributed by atoms with Crippen molar-refractivity contribution in [1.29, 1.82) is 0 Å². The van der Waals surface area contributed by atoms with E-state index in [2.05, 4.69) is 10.1 Å². The molecule has 0 spiro atoms. The minimum absolute atomic E-state index is 0.109. The molecule has 0 amide bonds. The Bertz CT molecular complexity index is 226. The van der Waals surface area contributed by atoms with Crippen LogP contribution < -0.4 is 0 Å². The minimum Gasteiger partial charge on any atom is -0.220 e. The summed E-state index contributed by atoms with van der Waals surface area (Å²) in [6.45, 7) is 1.39. The number of hydrogen-bond acceptors (Lipinski definition) is 2. The highest BCUT2D eigenvalue weighted by atomic mass is 19.4. The van der Waals surface area contributed by atoms with E-state index >= 15 is 0 Å². The number of rotatable bonds is 0. The second-order valence-corrected chi connectivity index (χ2v) is 1.70. The summed E-state index contributed by atoms with van der Waals surface area (Å²) >= 11 is 0. The number of alkyl halides is 3. The lowest BCUT2D eigenvalue weighted by Crippen LogP contribution is -2.17. The van der Waals surface area contributed by atoms with Crippen LogP contribution in [0.3, 0.4) is 0 Å². The third-order valence-corrected chi connectivity index (χ3v) is 0.866. The second-order valence-electron chi connectivity index (χ2n) is 1.70. The first kappa shape index (κ1) is 7.04. The molecule has 0 aromatic carbocycles. The van der Waals surface area contributed by atoms with E-state index in [0.717, 1.165) is 0 Å². The van der Waals surface area contributed by atoms with Crippen LogP contribution >= 0.6 is 0 Å². The Morgan fingerprint density at radius 2 is 2.10 bits per heavy atom. The smallest absolute Gasteiger partial charge is 0.220 e. The first-order chi connectivity index (χ1) is 4.50. The van der Waals surface area contributed by atoms with Crippen LogP contribution in [0.15, 0.2) is 6.33 Å². The standard InChI is InChI=1S/C4H4F3N3/c1-3-8-2-10(9-3)4(5,6)7/h2H,1H3. The van der Waals surface area contributed by atoms with Crippen LogP contribution in [0.5, 0.6) is 0 Å². The summed E-state index contributed by atoms with van der Waals surface area (Å²) < 4.78 is 34.8. The topological polar surface area (TPSA) is 30.7 Å². The Balaban J connectivity index is 2.96. The molecule has 3 nitrogen and oxygen atoms in total. The molecule has 0 aliphatic carbocycles. The molecule has 10 heavy (non-hydrogen) atoms. The molecule has 0 saturated heterocycles. The summed E-state index contributed by atoms with van der Waals surface area (Å²) in [7, 11) is 0. The van der Waals surface area contributed by atoms with Crippen molar-refractivity contribution < 1.29 is 13.2 Å². The third-order valence-electron chi connectivity index (χ3n) is 0.866. The largest absolute Gasteiger partial charge is 0.505 e. The zero-order chi connectivity index (χ0) is 7.78. The van der Waals surface area contributed by atoms with Gasteiger partial charge in [0.05, 0.1) is 0 Å². The molecule has 0 radical (unpaired) electrons. The molecular weight excluding hydrogens is 147 g/mol. The molecule has 0 fully saturated rings. The lowest BCUT2D eigenvalue weighted by Gasteiger charge is -2.02. The van der Waals surface area contributed by atoms with Gasteiger partial charge in [-0.05, 0) is 6.92 Å². The van der Waals surface area contributed by atoms with Crippen LogP contribution in [0.25, 0.3) is 0 Å². The Morgan fingerprint density at radius 1 is 1.50 bits per heavy atom. The van der Waals surface area contributed by atoms with Gasteiger partial charge >= 0.3 is 6.30 Å². The van der Waals surface area contributed by atoms with Crippen molar-refractivity contribution in [2.75, 3.05) is 0 Å². The zero-order valence-electron chi connectivity index (χ0n) is 5.05. The third kappa shape index (κ3) is 1.26. The summed E-state index contributed by atoms with van der Waals surface area (Å²) in [6.07, 6.45) is -3.81. The van der Waals surface area contributed by atoms with E-state index in [1.165, 1.54) is 6.92 Å². The van der Waals surface area contributed by atoms with E-state index in [4.69, 9.17) is 0 Å². The maximum absolute atomic E-state index is 11.7. The van der Waals surface area contributed by atoms with Gasteiger partial charge < -0.3 is 0 Å². The van der Waals surface area contributed by atoms with Crippen molar-refractivity contribution >= 4 is 0 Å². The van der Waals surface area contributed by atoms with Crippen LogP contribution in [0.1, 0.15) is 5.82 Å². The van der Waals surface area contributed by atoms with Gasteiger partial charge in [-0.15, -0.1) is 18.3 Å². The van der Waals surface area contributed by atoms with Gasteiger partial charge in [0.25, 0.3) is 0 Å². The lowest BCUT2D eigenvalue weighted by molar-refractivity contribution is -0.212. The van der Waals surface area contributed by atoms with Gasteiger partial charge in [-0.2, -0.15) is 4.68 Å². The fourth-order valence-corrected chi connectivity index (χ4v) is 0.468. The number of aryl methyl sites for hydroxylation is 1. The average Bonchev–Trinajstić information content (AvgIpc) is 2.11. The highest BCUT2D eigenvalue weighted by molar-refractivity contribution is 4.75. The Labute approximate surface area is 54.5 Å². The highest BCUT2D eigenvalue weighted by Gasteiger charge is 2.31. The molecule has 6 heteroatoms.